The second-order valence-electron chi connectivity index (χ2n) is 5.42. The molecule has 20 heavy (non-hydrogen) atoms. The largest absolute Gasteiger partial charge is 0.350 e. The Hall–Kier alpha value is -2.10. The summed E-state index contributed by atoms with van der Waals surface area (Å²) in [5.74, 6) is -0.0612. The first kappa shape index (κ1) is 14.3. The van der Waals surface area contributed by atoms with Crippen molar-refractivity contribution in [2.45, 2.75) is 40.7 Å². The van der Waals surface area contributed by atoms with Crippen molar-refractivity contribution in [2.75, 3.05) is 0 Å². The lowest BCUT2D eigenvalue weighted by Crippen LogP contribution is -2.30. The molecule has 4 heteroatoms. The Morgan fingerprint density at radius 3 is 2.55 bits per heavy atom. The van der Waals surface area contributed by atoms with E-state index >= 15 is 0 Å². The third-order valence-electron chi connectivity index (χ3n) is 3.18. The monoisotopic (exact) mass is 271 g/mol. The average Bonchev–Trinajstić information content (AvgIpc) is 2.64. The Balaban J connectivity index is 2.46. The van der Waals surface area contributed by atoms with Gasteiger partial charge in [-0.1, -0.05) is 12.1 Å². The number of hydrogen-bond donors (Lipinski definition) is 1. The van der Waals surface area contributed by atoms with Gasteiger partial charge in [0.15, 0.2) is 0 Å². The molecule has 1 aromatic carbocycles. The maximum Gasteiger partial charge on any atom is 0.255 e. The molecule has 0 fully saturated rings. The standard InChI is InChI=1S/C16H21N3O/c1-10(2)17-16(20)15-12(4)18-19(13(15)5)14-8-6-7-11(3)9-14/h6-10H,1-5H3,(H,17,20). The van der Waals surface area contributed by atoms with Crippen LogP contribution in [-0.4, -0.2) is 21.7 Å². The number of benzene rings is 1. The summed E-state index contributed by atoms with van der Waals surface area (Å²) in [6.45, 7) is 9.74. The predicted molar refractivity (Wildman–Crippen MR) is 80.4 cm³/mol. The number of carbonyl (C=O) groups excluding carboxylic acids is 1. The highest BCUT2D eigenvalue weighted by Gasteiger charge is 2.19. The highest BCUT2D eigenvalue weighted by molar-refractivity contribution is 5.96. The Bertz CT molecular complexity index is 641. The molecule has 0 aliphatic carbocycles. The third-order valence-corrected chi connectivity index (χ3v) is 3.18. The van der Waals surface area contributed by atoms with Crippen LogP contribution in [-0.2, 0) is 0 Å². The van der Waals surface area contributed by atoms with E-state index in [9.17, 15) is 4.79 Å². The van der Waals surface area contributed by atoms with Crippen LogP contribution in [0, 0.1) is 20.8 Å². The summed E-state index contributed by atoms with van der Waals surface area (Å²) in [5, 5.41) is 7.43. The van der Waals surface area contributed by atoms with E-state index in [1.807, 2.05) is 57.5 Å². The SMILES string of the molecule is Cc1cccc(-n2nc(C)c(C(=O)NC(C)C)c2C)c1. The molecule has 0 saturated heterocycles. The fourth-order valence-corrected chi connectivity index (χ4v) is 2.32. The molecule has 0 radical (unpaired) electrons. The Labute approximate surface area is 119 Å². The van der Waals surface area contributed by atoms with Gasteiger partial charge in [-0.15, -0.1) is 0 Å². The van der Waals surface area contributed by atoms with Gasteiger partial charge in [-0.3, -0.25) is 4.79 Å². The first-order chi connectivity index (χ1) is 9.40. The summed E-state index contributed by atoms with van der Waals surface area (Å²) in [5.41, 5.74) is 4.44. The van der Waals surface area contributed by atoms with Crippen LogP contribution in [0.4, 0.5) is 0 Å². The van der Waals surface area contributed by atoms with Crippen LogP contribution in [0.5, 0.6) is 0 Å². The van der Waals surface area contributed by atoms with Gasteiger partial charge < -0.3 is 5.32 Å². The average molecular weight is 271 g/mol. The fourth-order valence-electron chi connectivity index (χ4n) is 2.32. The van der Waals surface area contributed by atoms with Gasteiger partial charge in [0, 0.05) is 6.04 Å². The number of hydrogen-bond acceptors (Lipinski definition) is 2. The van der Waals surface area contributed by atoms with Crippen molar-refractivity contribution in [2.24, 2.45) is 0 Å². The fraction of sp³-hybridized carbons (Fsp3) is 0.375. The molecule has 1 aromatic heterocycles. The van der Waals surface area contributed by atoms with Crippen molar-refractivity contribution in [3.63, 3.8) is 0 Å². The highest BCUT2D eigenvalue weighted by Crippen LogP contribution is 2.18. The Kier molecular flexibility index (Phi) is 3.93. The molecule has 1 heterocycles. The number of amides is 1. The number of nitrogens with one attached hydrogen (secondary N) is 1. The molecule has 0 aliphatic rings. The van der Waals surface area contributed by atoms with Crippen LogP contribution >= 0.6 is 0 Å². The van der Waals surface area contributed by atoms with Crippen LogP contribution in [0.1, 0.15) is 41.2 Å². The molecule has 0 bridgehead atoms. The summed E-state index contributed by atoms with van der Waals surface area (Å²) in [7, 11) is 0. The van der Waals surface area contributed by atoms with Crippen molar-refractivity contribution in [1.82, 2.24) is 15.1 Å². The summed E-state index contributed by atoms with van der Waals surface area (Å²) < 4.78 is 1.83. The van der Waals surface area contributed by atoms with Gasteiger partial charge in [-0.05, 0) is 52.3 Å². The maximum atomic E-state index is 12.2. The lowest BCUT2D eigenvalue weighted by molar-refractivity contribution is 0.0942. The third kappa shape index (κ3) is 2.74. The van der Waals surface area contributed by atoms with Crippen LogP contribution in [0.25, 0.3) is 5.69 Å². The van der Waals surface area contributed by atoms with Gasteiger partial charge in [0.25, 0.3) is 5.91 Å². The molecule has 106 valence electrons. The zero-order chi connectivity index (χ0) is 14.9. The number of rotatable bonds is 3. The van der Waals surface area contributed by atoms with Gasteiger partial charge >= 0.3 is 0 Å². The van der Waals surface area contributed by atoms with E-state index in [1.165, 1.54) is 5.56 Å². The maximum absolute atomic E-state index is 12.2. The van der Waals surface area contributed by atoms with Gasteiger partial charge in [-0.25, -0.2) is 4.68 Å². The Morgan fingerprint density at radius 1 is 1.25 bits per heavy atom. The van der Waals surface area contributed by atoms with E-state index in [0.717, 1.165) is 17.1 Å². The molecule has 0 aliphatic heterocycles. The smallest absolute Gasteiger partial charge is 0.255 e. The van der Waals surface area contributed by atoms with E-state index in [4.69, 9.17) is 0 Å². The first-order valence-corrected chi connectivity index (χ1v) is 6.84. The molecule has 1 N–H and O–H groups in total. The molecular formula is C16H21N3O. The minimum atomic E-state index is -0.0612. The quantitative estimate of drug-likeness (QED) is 0.933. The van der Waals surface area contributed by atoms with E-state index < -0.39 is 0 Å². The molecule has 0 saturated carbocycles. The van der Waals surface area contributed by atoms with E-state index in [1.54, 1.807) is 0 Å². The van der Waals surface area contributed by atoms with E-state index in [-0.39, 0.29) is 11.9 Å². The van der Waals surface area contributed by atoms with Crippen LogP contribution in [0.15, 0.2) is 24.3 Å². The highest BCUT2D eigenvalue weighted by atomic mass is 16.1. The van der Waals surface area contributed by atoms with Crippen LogP contribution in [0.3, 0.4) is 0 Å². The molecule has 0 unspecified atom stereocenters. The molecular weight excluding hydrogens is 250 g/mol. The number of nitrogens with zero attached hydrogens (tertiary/aromatic N) is 2. The lowest BCUT2D eigenvalue weighted by Gasteiger charge is -2.09. The van der Waals surface area contributed by atoms with E-state index in [0.29, 0.717) is 5.56 Å². The summed E-state index contributed by atoms with van der Waals surface area (Å²) >= 11 is 0. The molecule has 0 atom stereocenters. The Morgan fingerprint density at radius 2 is 1.95 bits per heavy atom. The molecule has 4 nitrogen and oxygen atoms in total. The molecule has 0 spiro atoms. The van der Waals surface area contributed by atoms with Crippen molar-refractivity contribution in [3.05, 3.63) is 46.8 Å². The number of aryl methyl sites for hydroxylation is 2. The van der Waals surface area contributed by atoms with Crippen LogP contribution in [0.2, 0.25) is 0 Å². The van der Waals surface area contributed by atoms with Crippen molar-refractivity contribution < 1.29 is 4.79 Å². The molecule has 1 amide bonds. The topological polar surface area (TPSA) is 46.9 Å². The predicted octanol–water partition coefficient (Wildman–Crippen LogP) is 2.94. The van der Waals surface area contributed by atoms with Gasteiger partial charge in [0.1, 0.15) is 0 Å². The minimum absolute atomic E-state index is 0.0612. The van der Waals surface area contributed by atoms with Crippen molar-refractivity contribution in [3.8, 4) is 5.69 Å². The van der Waals surface area contributed by atoms with Gasteiger partial charge in [-0.2, -0.15) is 5.10 Å². The van der Waals surface area contributed by atoms with Gasteiger partial charge in [0.05, 0.1) is 22.6 Å². The second-order valence-corrected chi connectivity index (χ2v) is 5.42. The molecule has 2 rings (SSSR count). The second kappa shape index (κ2) is 5.49. The zero-order valence-electron chi connectivity index (χ0n) is 12.7. The van der Waals surface area contributed by atoms with E-state index in [2.05, 4.69) is 16.5 Å². The minimum Gasteiger partial charge on any atom is -0.350 e. The number of carbonyl (C=O) groups is 1. The summed E-state index contributed by atoms with van der Waals surface area (Å²) in [6.07, 6.45) is 0. The zero-order valence-corrected chi connectivity index (χ0v) is 12.7. The van der Waals surface area contributed by atoms with Crippen molar-refractivity contribution in [1.29, 1.82) is 0 Å². The normalized spacial score (nSPS) is 10.9. The lowest BCUT2D eigenvalue weighted by atomic mass is 10.1. The van der Waals surface area contributed by atoms with Gasteiger partial charge in [0.2, 0.25) is 0 Å². The summed E-state index contributed by atoms with van der Waals surface area (Å²) in [4.78, 5) is 12.2. The van der Waals surface area contributed by atoms with Crippen LogP contribution < -0.4 is 5.32 Å². The molecule has 2 aromatic rings. The summed E-state index contributed by atoms with van der Waals surface area (Å²) in [6, 6.07) is 8.21. The number of aromatic nitrogens is 2. The first-order valence-electron chi connectivity index (χ1n) is 6.84. The van der Waals surface area contributed by atoms with Crippen molar-refractivity contribution >= 4 is 5.91 Å².